The molecule has 239 valence electrons. The van der Waals surface area contributed by atoms with E-state index in [4.69, 9.17) is 5.79 Å². The number of benzene rings is 2. The molecule has 4 heterocycles. The third-order valence-corrected chi connectivity index (χ3v) is 10.6. The second-order valence-corrected chi connectivity index (χ2v) is 18.3. The molecule has 0 atom stereocenters. The van der Waals surface area contributed by atoms with Gasteiger partial charge in [0.05, 0.1) is 19.9 Å². The first-order valence-corrected chi connectivity index (χ1v) is 19.3. The molecule has 1 saturated carbocycles. The van der Waals surface area contributed by atoms with E-state index in [0.717, 1.165) is 56.4 Å². The largest absolute Gasteiger partial charge is 0.486 e. The molecule has 4 nitrogen and oxygen atoms in total. The topological polar surface area (TPSA) is 51.8 Å². The van der Waals surface area contributed by atoms with Crippen molar-refractivity contribution < 1.29 is 30.3 Å². The zero-order valence-corrected chi connectivity index (χ0v) is 30.5. The van der Waals surface area contributed by atoms with Crippen molar-refractivity contribution in [1.29, 1.82) is 0 Å². The second-order valence-electron chi connectivity index (χ2n) is 13.2. The van der Waals surface area contributed by atoms with Crippen LogP contribution in [-0.2, 0) is 26.5 Å². The van der Waals surface area contributed by atoms with Gasteiger partial charge in [0.2, 0.25) is 5.71 Å². The van der Waals surface area contributed by atoms with Gasteiger partial charge in [0.1, 0.15) is 5.82 Å². The molecule has 1 aliphatic rings. The maximum atomic E-state index is 14.3. The van der Waals surface area contributed by atoms with Gasteiger partial charge in [-0.25, -0.2) is 9.37 Å². The molecular weight excluding hydrogens is 766 g/mol. The monoisotopic (exact) mass is 807 g/mol. The molecule has 46 heavy (non-hydrogen) atoms. The Labute approximate surface area is 287 Å². The van der Waals surface area contributed by atoms with Crippen LogP contribution in [0, 0.1) is 23.9 Å². The molecule has 0 spiro atoms. The smallest absolute Gasteiger partial charge is 0.216 e. The Bertz CT molecular complexity index is 1980. The molecule has 6 aromatic rings. The number of rotatable bonds is 6. The van der Waals surface area contributed by atoms with Crippen LogP contribution in [0.3, 0.4) is 0 Å². The van der Waals surface area contributed by atoms with Crippen molar-refractivity contribution in [3.63, 3.8) is 0 Å². The van der Waals surface area contributed by atoms with Crippen molar-refractivity contribution in [1.82, 2.24) is 15.0 Å². The van der Waals surface area contributed by atoms with Crippen LogP contribution in [-0.4, -0.2) is 23.0 Å². The van der Waals surface area contributed by atoms with Crippen LogP contribution in [0.5, 0.6) is 0 Å². The first-order chi connectivity index (χ1) is 22.0. The van der Waals surface area contributed by atoms with Crippen molar-refractivity contribution in [2.45, 2.75) is 71.5 Å². The Hall–Kier alpha value is -3.51. The standard InChI is InChI=1S/C22H18FN2O.C17H22NSi.Ir/c23-19-13-25-20(12-16(19)10-14-4-1-2-5-14)15-7-8-21-18(11-15)17-6-3-9-24-22(17)26-21;1-13(2)15-11-16(14-9-7-6-8-10-14)18-12-17(15)19(3,4)5;/h3,6,8-9,11-14H,1-2,4-5,10H2;6-9,11-13H,1-5H3;/q2*-1;/i;13D;. The average Bonchev–Trinajstić information content (AvgIpc) is 3.69. The molecule has 1 fully saturated rings. The summed E-state index contributed by atoms with van der Waals surface area (Å²) in [5.74, 6) is -0.225. The zero-order chi connectivity index (χ0) is 32.5. The summed E-state index contributed by atoms with van der Waals surface area (Å²) in [6, 6.07) is 25.9. The fraction of sp³-hybridized carbons (Fsp3) is 0.308. The molecule has 1 aliphatic carbocycles. The van der Waals surface area contributed by atoms with Crippen LogP contribution in [0.1, 0.15) is 57.9 Å². The maximum Gasteiger partial charge on any atom is 0.216 e. The van der Waals surface area contributed by atoms with Crippen LogP contribution in [0.15, 0.2) is 83.7 Å². The number of halogens is 1. The average molecular weight is 807 g/mol. The Balaban J connectivity index is 0.000000188. The summed E-state index contributed by atoms with van der Waals surface area (Å²) in [5, 5.41) is 3.22. The molecule has 0 amide bonds. The van der Waals surface area contributed by atoms with Gasteiger partial charge in [-0.15, -0.1) is 59.7 Å². The van der Waals surface area contributed by atoms with Crippen molar-refractivity contribution in [3.8, 4) is 22.5 Å². The first-order valence-electron chi connectivity index (χ1n) is 16.3. The van der Waals surface area contributed by atoms with E-state index in [2.05, 4.69) is 52.8 Å². The molecular formula is C39H40FIrN3OSi-2. The minimum atomic E-state index is -1.50. The quantitative estimate of drug-likeness (QED) is 0.124. The van der Waals surface area contributed by atoms with Crippen molar-refractivity contribution in [3.05, 3.63) is 108 Å². The predicted molar refractivity (Wildman–Crippen MR) is 185 cm³/mol. The maximum absolute atomic E-state index is 14.3. The number of hydrogen-bond donors (Lipinski definition) is 0. The molecule has 2 aromatic carbocycles. The SMILES string of the molecule is Fc1cnc(-c2[c-]cc3oc4ncccc4c3c2)cc1CC1CCCC1.[2H]C(C)(C)c1cc(-c2[c-]cccc2)ncc1[Si](C)(C)C.[Ir]. The van der Waals surface area contributed by atoms with Crippen LogP contribution in [0.4, 0.5) is 4.39 Å². The summed E-state index contributed by atoms with van der Waals surface area (Å²) in [7, 11) is -1.50. The van der Waals surface area contributed by atoms with Crippen LogP contribution < -0.4 is 5.19 Å². The minimum Gasteiger partial charge on any atom is -0.486 e. The summed E-state index contributed by atoms with van der Waals surface area (Å²) in [6.45, 7) is 10.8. The second kappa shape index (κ2) is 14.5. The number of furan rings is 1. The third-order valence-electron chi connectivity index (χ3n) is 8.61. The van der Waals surface area contributed by atoms with Gasteiger partial charge in [0.25, 0.3) is 0 Å². The summed E-state index contributed by atoms with van der Waals surface area (Å²) in [4.78, 5) is 13.2. The van der Waals surface area contributed by atoms with Gasteiger partial charge in [0, 0.05) is 39.3 Å². The molecule has 0 unspecified atom stereocenters. The Morgan fingerprint density at radius 1 is 0.935 bits per heavy atom. The zero-order valence-electron chi connectivity index (χ0n) is 28.1. The molecule has 7 rings (SSSR count). The normalized spacial score (nSPS) is 14.1. The van der Waals surface area contributed by atoms with Gasteiger partial charge < -0.3 is 14.4 Å². The number of hydrogen-bond acceptors (Lipinski definition) is 4. The van der Waals surface area contributed by atoms with E-state index in [1.54, 1.807) is 6.20 Å². The Kier molecular flexibility index (Phi) is 10.2. The predicted octanol–water partition coefficient (Wildman–Crippen LogP) is 9.93. The van der Waals surface area contributed by atoms with Crippen LogP contribution in [0.25, 0.3) is 44.6 Å². The van der Waals surface area contributed by atoms with Gasteiger partial charge >= 0.3 is 0 Å². The van der Waals surface area contributed by atoms with Crippen molar-refractivity contribution >= 4 is 35.3 Å². The van der Waals surface area contributed by atoms with Gasteiger partial charge in [-0.1, -0.05) is 82.3 Å². The molecule has 0 bridgehead atoms. The summed E-state index contributed by atoms with van der Waals surface area (Å²) in [6.07, 6.45) is 10.7. The van der Waals surface area contributed by atoms with E-state index in [1.807, 2.05) is 74.6 Å². The first kappa shape index (κ1) is 32.4. The van der Waals surface area contributed by atoms with E-state index in [9.17, 15) is 4.39 Å². The Morgan fingerprint density at radius 3 is 2.41 bits per heavy atom. The fourth-order valence-corrected chi connectivity index (χ4v) is 7.76. The molecule has 1 radical (unpaired) electrons. The van der Waals surface area contributed by atoms with Gasteiger partial charge in [0.15, 0.2) is 0 Å². The fourth-order valence-electron chi connectivity index (χ4n) is 6.18. The summed E-state index contributed by atoms with van der Waals surface area (Å²) >= 11 is 0. The van der Waals surface area contributed by atoms with Gasteiger partial charge in [-0.05, 0) is 52.5 Å². The van der Waals surface area contributed by atoms with Crippen LogP contribution >= 0.6 is 0 Å². The van der Waals surface area contributed by atoms with Gasteiger partial charge in [-0.2, -0.15) is 0 Å². The summed E-state index contributed by atoms with van der Waals surface area (Å²) in [5.41, 5.74) is 6.70. The van der Waals surface area contributed by atoms with Gasteiger partial charge in [-0.3, -0.25) is 0 Å². The van der Waals surface area contributed by atoms with E-state index >= 15 is 0 Å². The Morgan fingerprint density at radius 2 is 1.70 bits per heavy atom. The molecule has 0 N–H and O–H groups in total. The number of pyridine rings is 3. The van der Waals surface area contributed by atoms with Crippen molar-refractivity contribution in [2.24, 2.45) is 5.92 Å². The summed E-state index contributed by atoms with van der Waals surface area (Å²) < 4.78 is 28.4. The third kappa shape index (κ3) is 7.54. The van der Waals surface area contributed by atoms with E-state index in [0.29, 0.717) is 11.6 Å². The van der Waals surface area contributed by atoms with E-state index in [-0.39, 0.29) is 25.9 Å². The molecule has 0 saturated heterocycles. The van der Waals surface area contributed by atoms with Crippen molar-refractivity contribution in [2.75, 3.05) is 0 Å². The molecule has 7 heteroatoms. The number of aromatic nitrogens is 3. The van der Waals surface area contributed by atoms with E-state index in [1.165, 1.54) is 37.1 Å². The number of fused-ring (bicyclic) bond motifs is 3. The number of nitrogens with zero attached hydrogens (tertiary/aromatic N) is 3. The minimum absolute atomic E-state index is 0. The molecule has 4 aromatic heterocycles. The van der Waals surface area contributed by atoms with E-state index < -0.39 is 14.0 Å². The molecule has 0 aliphatic heterocycles. The van der Waals surface area contributed by atoms with Crippen LogP contribution in [0.2, 0.25) is 19.6 Å².